The number of nitro groups is 1. The average Bonchev–Trinajstić information content (AvgIpc) is 3.32. The normalized spacial score (nSPS) is 13.4. The summed E-state index contributed by atoms with van der Waals surface area (Å²) in [6.45, 7) is 2.07. The predicted octanol–water partition coefficient (Wildman–Crippen LogP) is 4.51. The molecular weight excluding hydrogens is 501 g/mol. The molecule has 1 amide bonds. The van der Waals surface area contributed by atoms with Crippen molar-refractivity contribution in [3.8, 4) is 11.5 Å². The van der Waals surface area contributed by atoms with Crippen LogP contribution in [0.1, 0.15) is 10.4 Å². The zero-order valence-electron chi connectivity index (χ0n) is 19.3. The first-order valence-electron chi connectivity index (χ1n) is 11.3. The van der Waals surface area contributed by atoms with Gasteiger partial charge in [0, 0.05) is 30.9 Å². The highest BCUT2D eigenvalue weighted by Gasteiger charge is 2.23. The molecule has 3 aromatic carbocycles. The summed E-state index contributed by atoms with van der Waals surface area (Å²) in [7, 11) is 0. The van der Waals surface area contributed by atoms with Crippen molar-refractivity contribution in [3.63, 3.8) is 0 Å². The second-order valence-electron chi connectivity index (χ2n) is 8.15. The number of rotatable bonds is 5. The van der Waals surface area contributed by atoms with E-state index < -0.39 is 16.6 Å². The van der Waals surface area contributed by atoms with Crippen molar-refractivity contribution >= 4 is 51.4 Å². The third kappa shape index (κ3) is 5.25. The number of halogens is 1. The summed E-state index contributed by atoms with van der Waals surface area (Å²) in [6, 6.07) is 15.3. The maximum Gasteiger partial charge on any atom is 0.270 e. The van der Waals surface area contributed by atoms with Gasteiger partial charge in [0.2, 0.25) is 5.89 Å². The van der Waals surface area contributed by atoms with E-state index in [0.717, 1.165) is 0 Å². The van der Waals surface area contributed by atoms with Gasteiger partial charge in [-0.3, -0.25) is 20.2 Å². The predicted molar refractivity (Wildman–Crippen MR) is 139 cm³/mol. The Bertz CT molecular complexity index is 1520. The van der Waals surface area contributed by atoms with Gasteiger partial charge in [-0.2, -0.15) is 0 Å². The Morgan fingerprint density at radius 1 is 1.11 bits per heavy atom. The summed E-state index contributed by atoms with van der Waals surface area (Å²) < 4.78 is 25.2. The Morgan fingerprint density at radius 2 is 1.89 bits per heavy atom. The van der Waals surface area contributed by atoms with Crippen molar-refractivity contribution in [1.29, 1.82) is 0 Å². The van der Waals surface area contributed by atoms with Crippen LogP contribution in [0.2, 0.25) is 0 Å². The standard InChI is InChI=1S/C25H20FN5O5S/c26-19-4-2-1-3-17(19)24-28-20-13-15(5-8-22(20)36-24)27-25(37)29-23(32)18-14-16(31(33)34)6-7-21(18)30-9-11-35-12-10-30/h1-8,13-14H,9-12H2,(H2,27,29,32,37). The van der Waals surface area contributed by atoms with Gasteiger partial charge in [-0.1, -0.05) is 12.1 Å². The number of amides is 1. The van der Waals surface area contributed by atoms with Gasteiger partial charge in [0.25, 0.3) is 11.6 Å². The average molecular weight is 522 g/mol. The zero-order valence-corrected chi connectivity index (χ0v) is 20.1. The van der Waals surface area contributed by atoms with Crippen LogP contribution in [0, 0.1) is 15.9 Å². The fraction of sp³-hybridized carbons (Fsp3) is 0.160. The molecule has 10 nitrogen and oxygen atoms in total. The quantitative estimate of drug-likeness (QED) is 0.222. The largest absolute Gasteiger partial charge is 0.436 e. The summed E-state index contributed by atoms with van der Waals surface area (Å²) in [5.41, 5.74) is 2.14. The number of nitrogens with zero attached hydrogens (tertiary/aromatic N) is 3. The number of non-ortho nitro benzene ring substituents is 1. The number of nitrogens with one attached hydrogen (secondary N) is 2. The maximum atomic E-state index is 14.1. The molecule has 1 saturated heterocycles. The molecule has 0 bridgehead atoms. The second kappa shape index (κ2) is 10.3. The molecule has 2 N–H and O–H groups in total. The van der Waals surface area contributed by atoms with E-state index in [4.69, 9.17) is 21.4 Å². The molecule has 0 aliphatic carbocycles. The molecule has 0 radical (unpaired) electrons. The summed E-state index contributed by atoms with van der Waals surface area (Å²) in [5.74, 6) is -0.900. The van der Waals surface area contributed by atoms with Crippen LogP contribution in [-0.4, -0.2) is 47.2 Å². The highest BCUT2D eigenvalue weighted by Crippen LogP contribution is 2.29. The van der Waals surface area contributed by atoms with Gasteiger partial charge in [-0.15, -0.1) is 0 Å². The Hall–Kier alpha value is -4.42. The summed E-state index contributed by atoms with van der Waals surface area (Å²) in [5, 5.41) is 16.8. The van der Waals surface area contributed by atoms with Crippen molar-refractivity contribution in [2.45, 2.75) is 0 Å². The molecule has 1 aliphatic rings. The fourth-order valence-electron chi connectivity index (χ4n) is 3.99. The molecule has 12 heteroatoms. The summed E-state index contributed by atoms with van der Waals surface area (Å²) >= 11 is 5.31. The lowest BCUT2D eigenvalue weighted by Crippen LogP contribution is -2.39. The molecule has 1 fully saturated rings. The lowest BCUT2D eigenvalue weighted by molar-refractivity contribution is -0.384. The number of ether oxygens (including phenoxy) is 1. The van der Waals surface area contributed by atoms with E-state index in [1.807, 2.05) is 4.90 Å². The number of aromatic nitrogens is 1. The van der Waals surface area contributed by atoms with Gasteiger partial charge in [0.1, 0.15) is 11.3 Å². The van der Waals surface area contributed by atoms with Gasteiger partial charge in [-0.05, 0) is 48.6 Å². The molecule has 5 rings (SSSR count). The summed E-state index contributed by atoms with van der Waals surface area (Å²) in [6.07, 6.45) is 0. The summed E-state index contributed by atoms with van der Waals surface area (Å²) in [4.78, 5) is 30.1. The van der Waals surface area contributed by atoms with Crippen molar-refractivity contribution in [2.24, 2.45) is 0 Å². The zero-order chi connectivity index (χ0) is 25.9. The Balaban J connectivity index is 1.34. The number of hydrogen-bond donors (Lipinski definition) is 2. The third-order valence-electron chi connectivity index (χ3n) is 5.76. The van der Waals surface area contributed by atoms with Gasteiger partial charge in [0.15, 0.2) is 10.7 Å². The van der Waals surface area contributed by atoms with Crippen molar-refractivity contribution in [1.82, 2.24) is 10.3 Å². The molecule has 188 valence electrons. The molecule has 0 saturated carbocycles. The van der Waals surface area contributed by atoms with E-state index in [0.29, 0.717) is 48.8 Å². The van der Waals surface area contributed by atoms with Crippen molar-refractivity contribution in [3.05, 3.63) is 82.2 Å². The van der Waals surface area contributed by atoms with Crippen LogP contribution in [0.15, 0.2) is 65.1 Å². The van der Waals surface area contributed by atoms with Crippen LogP contribution in [0.3, 0.4) is 0 Å². The minimum absolute atomic E-state index is 0.0124. The lowest BCUT2D eigenvalue weighted by Gasteiger charge is -2.30. The number of carbonyl (C=O) groups is 1. The third-order valence-corrected chi connectivity index (χ3v) is 5.97. The van der Waals surface area contributed by atoms with E-state index in [-0.39, 0.29) is 27.8 Å². The number of anilines is 2. The van der Waals surface area contributed by atoms with E-state index in [9.17, 15) is 19.3 Å². The number of benzene rings is 3. The van der Waals surface area contributed by atoms with Gasteiger partial charge < -0.3 is 19.4 Å². The topological polar surface area (TPSA) is 123 Å². The SMILES string of the molecule is O=C(NC(=S)Nc1ccc2oc(-c3ccccc3F)nc2c1)c1cc([N+](=O)[O-])ccc1N1CCOCC1. The van der Waals surface area contributed by atoms with Crippen LogP contribution in [-0.2, 0) is 4.74 Å². The molecule has 0 spiro atoms. The van der Waals surface area contributed by atoms with Crippen molar-refractivity contribution in [2.75, 3.05) is 36.5 Å². The molecule has 4 aromatic rings. The first-order chi connectivity index (χ1) is 17.9. The number of hydrogen-bond acceptors (Lipinski definition) is 8. The monoisotopic (exact) mass is 521 g/mol. The molecule has 37 heavy (non-hydrogen) atoms. The fourth-order valence-corrected chi connectivity index (χ4v) is 4.20. The Kier molecular flexibility index (Phi) is 6.75. The van der Waals surface area contributed by atoms with E-state index in [1.54, 1.807) is 42.5 Å². The van der Waals surface area contributed by atoms with Gasteiger partial charge in [0.05, 0.1) is 35.0 Å². The number of oxazole rings is 1. The molecular formula is C25H20FN5O5S. The maximum absolute atomic E-state index is 14.1. The van der Waals surface area contributed by atoms with Crippen LogP contribution < -0.4 is 15.5 Å². The second-order valence-corrected chi connectivity index (χ2v) is 8.56. The van der Waals surface area contributed by atoms with E-state index in [1.165, 1.54) is 18.2 Å². The van der Waals surface area contributed by atoms with Crippen LogP contribution >= 0.6 is 12.2 Å². The van der Waals surface area contributed by atoms with E-state index >= 15 is 0 Å². The Morgan fingerprint density at radius 3 is 2.65 bits per heavy atom. The lowest BCUT2D eigenvalue weighted by atomic mass is 10.1. The van der Waals surface area contributed by atoms with Crippen LogP contribution in [0.25, 0.3) is 22.6 Å². The van der Waals surface area contributed by atoms with Crippen LogP contribution in [0.5, 0.6) is 0 Å². The molecule has 1 aliphatic heterocycles. The smallest absolute Gasteiger partial charge is 0.270 e. The molecule has 2 heterocycles. The Labute approximate surface area is 215 Å². The molecule has 1 aromatic heterocycles. The highest BCUT2D eigenvalue weighted by atomic mass is 32.1. The van der Waals surface area contributed by atoms with E-state index in [2.05, 4.69) is 15.6 Å². The van der Waals surface area contributed by atoms with Gasteiger partial charge in [-0.25, -0.2) is 9.37 Å². The van der Waals surface area contributed by atoms with Gasteiger partial charge >= 0.3 is 0 Å². The highest BCUT2D eigenvalue weighted by molar-refractivity contribution is 7.80. The number of carbonyl (C=O) groups excluding carboxylic acids is 1. The number of fused-ring (bicyclic) bond motifs is 1. The van der Waals surface area contributed by atoms with Crippen molar-refractivity contribution < 1.29 is 23.3 Å². The molecule has 0 atom stereocenters. The van der Waals surface area contributed by atoms with Crippen LogP contribution in [0.4, 0.5) is 21.5 Å². The number of nitro benzene ring substituents is 1. The minimum Gasteiger partial charge on any atom is -0.436 e. The number of thiocarbonyl (C=S) groups is 1. The number of morpholine rings is 1. The molecule has 0 unspecified atom stereocenters. The first-order valence-corrected chi connectivity index (χ1v) is 11.7. The first kappa shape index (κ1) is 24.3. The minimum atomic E-state index is -0.591.